The molecule has 0 spiro atoms. The third kappa shape index (κ3) is 6.41. The SMILES string of the molecule is CN(C)c1nonc1C(=O)N[C@H](c1cn2ncc([C@@H](O)NC(=O)CC3CC(F)(F)C3)cc2n1)C1CCC(F)(F)CC1. The molecule has 0 bridgehead atoms. The second-order valence-corrected chi connectivity index (χ2v) is 11.0. The molecular formula is C25H30F4N8O4. The molecule has 2 fully saturated rings. The summed E-state index contributed by atoms with van der Waals surface area (Å²) >= 11 is 0. The van der Waals surface area contributed by atoms with Crippen LogP contribution in [0.25, 0.3) is 5.65 Å². The first-order chi connectivity index (χ1) is 19.3. The molecule has 0 radical (unpaired) electrons. The zero-order valence-corrected chi connectivity index (χ0v) is 22.4. The molecule has 12 nitrogen and oxygen atoms in total. The molecule has 2 amide bonds. The lowest BCUT2D eigenvalue weighted by atomic mass is 9.79. The van der Waals surface area contributed by atoms with Crippen molar-refractivity contribution in [1.82, 2.24) is 35.5 Å². The molecule has 0 unspecified atom stereocenters. The van der Waals surface area contributed by atoms with Crippen molar-refractivity contribution in [2.24, 2.45) is 11.8 Å². The maximum atomic E-state index is 13.9. The Morgan fingerprint density at radius 2 is 1.85 bits per heavy atom. The monoisotopic (exact) mass is 582 g/mol. The van der Waals surface area contributed by atoms with Gasteiger partial charge in [0.15, 0.2) is 11.9 Å². The molecule has 3 N–H and O–H groups in total. The number of nitrogens with zero attached hydrogens (tertiary/aromatic N) is 6. The maximum absolute atomic E-state index is 13.9. The number of amides is 2. The van der Waals surface area contributed by atoms with Gasteiger partial charge in [-0.3, -0.25) is 9.59 Å². The van der Waals surface area contributed by atoms with Crippen LogP contribution in [0.2, 0.25) is 0 Å². The lowest BCUT2D eigenvalue weighted by molar-refractivity contribution is -0.136. The van der Waals surface area contributed by atoms with Crippen molar-refractivity contribution < 1.29 is 36.9 Å². The summed E-state index contributed by atoms with van der Waals surface area (Å²) in [5, 5.41) is 27.4. The van der Waals surface area contributed by atoms with Crippen LogP contribution in [0.15, 0.2) is 23.1 Å². The molecule has 5 rings (SSSR count). The number of halogens is 4. The van der Waals surface area contributed by atoms with E-state index in [1.165, 1.54) is 16.8 Å². The van der Waals surface area contributed by atoms with Gasteiger partial charge in [-0.25, -0.2) is 31.7 Å². The summed E-state index contributed by atoms with van der Waals surface area (Å²) < 4.78 is 60.1. The fraction of sp³-hybridized carbons (Fsp3) is 0.600. The minimum atomic E-state index is -2.78. The highest BCUT2D eigenvalue weighted by molar-refractivity contribution is 5.96. The highest BCUT2D eigenvalue weighted by Gasteiger charge is 2.46. The molecule has 0 aromatic carbocycles. The molecule has 2 saturated carbocycles. The van der Waals surface area contributed by atoms with E-state index >= 15 is 0 Å². The zero-order valence-electron chi connectivity index (χ0n) is 22.4. The van der Waals surface area contributed by atoms with Gasteiger partial charge in [0.05, 0.1) is 24.1 Å². The van der Waals surface area contributed by atoms with Crippen molar-refractivity contribution in [3.05, 3.63) is 35.4 Å². The number of anilines is 1. The number of aromatic nitrogens is 5. The highest BCUT2D eigenvalue weighted by Crippen LogP contribution is 2.44. The number of hydrogen-bond donors (Lipinski definition) is 3. The Labute approximate surface area is 231 Å². The van der Waals surface area contributed by atoms with Gasteiger partial charge < -0.3 is 20.6 Å². The minimum absolute atomic E-state index is 0.0743. The van der Waals surface area contributed by atoms with Crippen molar-refractivity contribution in [3.63, 3.8) is 0 Å². The van der Waals surface area contributed by atoms with Crippen LogP contribution in [0.4, 0.5) is 23.4 Å². The predicted octanol–water partition coefficient (Wildman–Crippen LogP) is 3.02. The largest absolute Gasteiger partial charge is 0.369 e. The van der Waals surface area contributed by atoms with E-state index in [1.807, 2.05) is 0 Å². The molecule has 0 saturated heterocycles. The van der Waals surface area contributed by atoms with Crippen molar-refractivity contribution in [2.45, 2.75) is 69.1 Å². The van der Waals surface area contributed by atoms with Crippen molar-refractivity contribution >= 4 is 23.3 Å². The summed E-state index contributed by atoms with van der Waals surface area (Å²) in [7, 11) is 3.32. The summed E-state index contributed by atoms with van der Waals surface area (Å²) in [6, 6.07) is 0.694. The topological polar surface area (TPSA) is 151 Å². The molecule has 41 heavy (non-hydrogen) atoms. The summed E-state index contributed by atoms with van der Waals surface area (Å²) in [4.78, 5) is 31.5. The highest BCUT2D eigenvalue weighted by atomic mass is 19.3. The van der Waals surface area contributed by atoms with Crippen LogP contribution >= 0.6 is 0 Å². The number of carbonyl (C=O) groups is 2. The number of carbonyl (C=O) groups excluding carboxylic acids is 2. The average molecular weight is 583 g/mol. The van der Waals surface area contributed by atoms with Gasteiger partial charge in [-0.05, 0) is 41.1 Å². The fourth-order valence-electron chi connectivity index (χ4n) is 5.35. The van der Waals surface area contributed by atoms with Gasteiger partial charge in [0.25, 0.3) is 5.91 Å². The van der Waals surface area contributed by atoms with Crippen LogP contribution in [0.3, 0.4) is 0 Å². The Balaban J connectivity index is 1.34. The molecule has 0 aliphatic heterocycles. The zero-order chi connectivity index (χ0) is 29.5. The Morgan fingerprint density at radius 3 is 2.51 bits per heavy atom. The Hall–Kier alpha value is -3.82. The summed E-state index contributed by atoms with van der Waals surface area (Å²) in [6.45, 7) is 0. The molecule has 3 aromatic rings. The van der Waals surface area contributed by atoms with Crippen LogP contribution in [0.1, 0.15) is 79.0 Å². The normalized spacial score (nSPS) is 20.3. The van der Waals surface area contributed by atoms with Crippen LogP contribution in [-0.2, 0) is 4.79 Å². The Morgan fingerprint density at radius 1 is 1.15 bits per heavy atom. The van der Waals surface area contributed by atoms with Crippen LogP contribution in [0.5, 0.6) is 0 Å². The number of imidazole rings is 1. The van der Waals surface area contributed by atoms with Gasteiger partial charge in [-0.2, -0.15) is 5.10 Å². The third-order valence-electron chi connectivity index (χ3n) is 7.57. The van der Waals surface area contributed by atoms with Gasteiger partial charge in [-0.1, -0.05) is 0 Å². The number of aliphatic hydroxyl groups is 1. The molecular weight excluding hydrogens is 552 g/mol. The number of fused-ring (bicyclic) bond motifs is 1. The van der Waals surface area contributed by atoms with E-state index in [2.05, 4.69) is 31.0 Å². The first-order valence-corrected chi connectivity index (χ1v) is 13.2. The minimum Gasteiger partial charge on any atom is -0.369 e. The van der Waals surface area contributed by atoms with Gasteiger partial charge >= 0.3 is 0 Å². The van der Waals surface area contributed by atoms with Crippen LogP contribution < -0.4 is 15.5 Å². The van der Waals surface area contributed by atoms with Gasteiger partial charge in [0, 0.05) is 51.8 Å². The smallest absolute Gasteiger partial charge is 0.278 e. The first-order valence-electron chi connectivity index (χ1n) is 13.2. The molecule has 2 aliphatic carbocycles. The molecule has 3 heterocycles. The second kappa shape index (κ2) is 10.9. The lowest BCUT2D eigenvalue weighted by Crippen LogP contribution is -2.39. The third-order valence-corrected chi connectivity index (χ3v) is 7.57. The first kappa shape index (κ1) is 28.7. The van der Waals surface area contributed by atoms with E-state index in [0.29, 0.717) is 5.69 Å². The van der Waals surface area contributed by atoms with Gasteiger partial charge in [0.1, 0.15) is 0 Å². The maximum Gasteiger partial charge on any atom is 0.278 e. The molecule has 222 valence electrons. The van der Waals surface area contributed by atoms with E-state index in [1.54, 1.807) is 25.2 Å². The molecule has 16 heteroatoms. The molecule has 3 aromatic heterocycles. The van der Waals surface area contributed by atoms with Crippen molar-refractivity contribution in [3.8, 4) is 0 Å². The number of nitrogens with one attached hydrogen (secondary N) is 2. The van der Waals surface area contributed by atoms with Gasteiger partial charge in [-0.15, -0.1) is 0 Å². The quantitative estimate of drug-likeness (QED) is 0.256. The Bertz CT molecular complexity index is 1410. The fourth-order valence-corrected chi connectivity index (χ4v) is 5.35. The molecule has 2 atom stereocenters. The van der Waals surface area contributed by atoms with E-state index in [9.17, 15) is 32.3 Å². The number of alkyl halides is 4. The van der Waals surface area contributed by atoms with E-state index < -0.39 is 41.8 Å². The summed E-state index contributed by atoms with van der Waals surface area (Å²) in [5.41, 5.74) is 0.742. The predicted molar refractivity (Wildman–Crippen MR) is 134 cm³/mol. The van der Waals surface area contributed by atoms with E-state index in [0.717, 1.165) is 0 Å². The number of rotatable bonds is 9. The van der Waals surface area contributed by atoms with E-state index in [-0.39, 0.29) is 73.6 Å². The van der Waals surface area contributed by atoms with Crippen molar-refractivity contribution in [1.29, 1.82) is 0 Å². The molecule has 2 aliphatic rings. The Kier molecular flexibility index (Phi) is 7.61. The summed E-state index contributed by atoms with van der Waals surface area (Å²) in [6.07, 6.45) is 0.153. The lowest BCUT2D eigenvalue weighted by Gasteiger charge is -2.34. The van der Waals surface area contributed by atoms with Crippen LogP contribution in [-0.4, -0.2) is 67.8 Å². The van der Waals surface area contributed by atoms with E-state index in [4.69, 9.17) is 4.63 Å². The number of aliphatic hydroxyl groups excluding tert-OH is 1. The van der Waals surface area contributed by atoms with Gasteiger partial charge in [0.2, 0.25) is 29.3 Å². The number of hydrogen-bond acceptors (Lipinski definition) is 9. The van der Waals surface area contributed by atoms with Crippen molar-refractivity contribution in [2.75, 3.05) is 19.0 Å². The average Bonchev–Trinajstić information content (AvgIpc) is 3.53. The summed E-state index contributed by atoms with van der Waals surface area (Å²) in [5.74, 6) is -7.33. The standard InChI is InChI=1S/C25H30F4N8O4/c1-36(2)21-20(34-41-35-21)23(40)33-19(14-3-5-24(26,27)6-4-14)16-12-37-17(31-16)8-15(11-30-37)22(39)32-18(38)7-13-9-25(28,29)10-13/h8,11-14,19,22,39H,3-7,9-10H2,1-2H3,(H,32,38)(H,33,40)/t19-,22+/m0/s1. The second-order valence-electron chi connectivity index (χ2n) is 11.0. The van der Waals surface area contributed by atoms with Crippen LogP contribution in [0, 0.1) is 11.8 Å².